The number of hydrogen-bond donors (Lipinski definition) is 2. The molecule has 1 aliphatic rings. The summed E-state index contributed by atoms with van der Waals surface area (Å²) in [7, 11) is 0. The maximum Gasteiger partial charge on any atom is 0.573 e. The van der Waals surface area contributed by atoms with Gasteiger partial charge in [0, 0.05) is 43.7 Å². The average molecular weight is 558 g/mol. The molecule has 0 radical (unpaired) electrons. The number of pyridine rings is 2. The molecule has 1 fully saturated rings. The van der Waals surface area contributed by atoms with E-state index in [0.717, 1.165) is 24.6 Å². The maximum atomic E-state index is 12.5. The largest absolute Gasteiger partial charge is 0.573 e. The van der Waals surface area contributed by atoms with Crippen molar-refractivity contribution in [3.63, 3.8) is 0 Å². The lowest BCUT2D eigenvalue weighted by atomic mass is 10.1. The molecule has 0 unspecified atom stereocenters. The maximum absolute atomic E-state index is 12.5. The first-order valence-corrected chi connectivity index (χ1v) is 11.9. The predicted molar refractivity (Wildman–Crippen MR) is 136 cm³/mol. The van der Waals surface area contributed by atoms with Crippen LogP contribution in [0.1, 0.15) is 12.8 Å². The number of anilines is 2. The van der Waals surface area contributed by atoms with E-state index in [1.165, 1.54) is 12.1 Å². The van der Waals surface area contributed by atoms with Crippen LogP contribution in [0.15, 0.2) is 55.0 Å². The highest BCUT2D eigenvalue weighted by Gasteiger charge is 2.32. The van der Waals surface area contributed by atoms with Gasteiger partial charge in [-0.2, -0.15) is 0 Å². The van der Waals surface area contributed by atoms with Crippen molar-refractivity contribution in [3.8, 4) is 17.2 Å². The van der Waals surface area contributed by atoms with Crippen molar-refractivity contribution in [2.45, 2.75) is 25.2 Å². The number of thiocarbonyl (C=S) groups is 1. The number of piperidine rings is 1. The fourth-order valence-corrected chi connectivity index (χ4v) is 4.38. The molecule has 36 heavy (non-hydrogen) atoms. The summed E-state index contributed by atoms with van der Waals surface area (Å²) in [4.78, 5) is 10.5. The third-order valence-corrected chi connectivity index (χ3v) is 6.11. The van der Waals surface area contributed by atoms with Gasteiger partial charge >= 0.3 is 6.36 Å². The highest BCUT2D eigenvalue weighted by Crippen LogP contribution is 2.39. The summed E-state index contributed by atoms with van der Waals surface area (Å²) in [6.45, 7) is 1.36. The van der Waals surface area contributed by atoms with Gasteiger partial charge in [0.2, 0.25) is 0 Å². The third kappa shape index (κ3) is 7.02. The first kappa shape index (κ1) is 26.1. The van der Waals surface area contributed by atoms with E-state index < -0.39 is 12.1 Å². The first-order chi connectivity index (χ1) is 17.2. The van der Waals surface area contributed by atoms with Gasteiger partial charge in [0.15, 0.2) is 16.7 Å². The summed E-state index contributed by atoms with van der Waals surface area (Å²) in [5.74, 6) is 0.520. The standard InChI is InChI=1S/C23H20Cl2F3N5O2S/c24-17-12-16(3-4-18(17)35-23(26,27)28)34-19-5-9-30-21(20(19)25)33-10-6-14(7-11-33)31-22(36)32-15-2-1-8-29-13-15/h1-5,8-9,12-14H,6-7,10-11H2,(H2,31,32,36). The number of nitrogens with zero attached hydrogens (tertiary/aromatic N) is 3. The Morgan fingerprint density at radius 3 is 2.53 bits per heavy atom. The van der Waals surface area contributed by atoms with Crippen LogP contribution < -0.4 is 25.0 Å². The van der Waals surface area contributed by atoms with Gasteiger partial charge in [-0.05, 0) is 49.3 Å². The van der Waals surface area contributed by atoms with Crippen molar-refractivity contribution in [3.05, 3.63) is 65.0 Å². The van der Waals surface area contributed by atoms with Crippen molar-refractivity contribution in [1.82, 2.24) is 15.3 Å². The SMILES string of the molecule is FC(F)(F)Oc1ccc(Oc2ccnc(N3CCC(NC(=S)Nc4cccnc4)CC3)c2Cl)cc1Cl. The average Bonchev–Trinajstić information content (AvgIpc) is 2.83. The van der Waals surface area contributed by atoms with Crippen molar-refractivity contribution in [1.29, 1.82) is 0 Å². The van der Waals surface area contributed by atoms with Gasteiger partial charge < -0.3 is 25.0 Å². The molecular formula is C23H20Cl2F3N5O2S. The number of hydrogen-bond acceptors (Lipinski definition) is 6. The van der Waals surface area contributed by atoms with Crippen LogP contribution in [0.3, 0.4) is 0 Å². The number of halogens is 5. The quantitative estimate of drug-likeness (QED) is 0.336. The smallest absolute Gasteiger partial charge is 0.456 e. The number of alkyl halides is 3. The molecule has 4 rings (SSSR count). The minimum Gasteiger partial charge on any atom is -0.456 e. The molecule has 1 saturated heterocycles. The van der Waals surface area contributed by atoms with Crippen LogP contribution in [-0.4, -0.2) is 40.6 Å². The molecule has 2 N–H and O–H groups in total. The molecule has 2 aromatic heterocycles. The molecule has 0 saturated carbocycles. The molecular weight excluding hydrogens is 538 g/mol. The molecule has 0 amide bonds. The summed E-state index contributed by atoms with van der Waals surface area (Å²) in [5.41, 5.74) is 0.809. The highest BCUT2D eigenvalue weighted by molar-refractivity contribution is 7.80. The number of benzene rings is 1. The van der Waals surface area contributed by atoms with Crippen LogP contribution in [0.25, 0.3) is 0 Å². The number of nitrogens with one attached hydrogen (secondary N) is 2. The second kappa shape index (κ2) is 11.4. The Morgan fingerprint density at radius 2 is 1.86 bits per heavy atom. The van der Waals surface area contributed by atoms with E-state index in [1.807, 2.05) is 17.0 Å². The normalized spacial score (nSPS) is 14.3. The number of aromatic nitrogens is 2. The first-order valence-electron chi connectivity index (χ1n) is 10.8. The van der Waals surface area contributed by atoms with E-state index in [1.54, 1.807) is 24.7 Å². The molecule has 0 aliphatic carbocycles. The van der Waals surface area contributed by atoms with Crippen molar-refractivity contribution < 1.29 is 22.6 Å². The zero-order valence-corrected chi connectivity index (χ0v) is 20.9. The monoisotopic (exact) mass is 557 g/mol. The van der Waals surface area contributed by atoms with E-state index >= 15 is 0 Å². The van der Waals surface area contributed by atoms with E-state index in [2.05, 4.69) is 25.3 Å². The minimum absolute atomic E-state index is 0.177. The summed E-state index contributed by atoms with van der Waals surface area (Å²) in [6.07, 6.45) is 1.69. The molecule has 3 heterocycles. The molecule has 13 heteroatoms. The Bertz CT molecular complexity index is 1210. The molecule has 0 atom stereocenters. The lowest BCUT2D eigenvalue weighted by Gasteiger charge is -2.34. The molecule has 7 nitrogen and oxygen atoms in total. The van der Waals surface area contributed by atoms with Crippen LogP contribution in [0.5, 0.6) is 17.2 Å². The molecule has 1 aromatic carbocycles. The Balaban J connectivity index is 1.35. The summed E-state index contributed by atoms with van der Waals surface area (Å²) < 4.78 is 47.0. The summed E-state index contributed by atoms with van der Waals surface area (Å²) in [5, 5.41) is 6.99. The van der Waals surface area contributed by atoms with E-state index in [9.17, 15) is 13.2 Å². The Morgan fingerprint density at radius 1 is 1.08 bits per heavy atom. The molecule has 3 aromatic rings. The zero-order chi connectivity index (χ0) is 25.7. The highest BCUT2D eigenvalue weighted by atomic mass is 35.5. The van der Waals surface area contributed by atoms with Gasteiger partial charge in [0.05, 0.1) is 16.9 Å². The summed E-state index contributed by atoms with van der Waals surface area (Å²) in [6, 6.07) is 9.05. The third-order valence-electron chi connectivity index (χ3n) is 5.24. The van der Waals surface area contributed by atoms with Gasteiger partial charge in [-0.3, -0.25) is 4.98 Å². The summed E-state index contributed by atoms with van der Waals surface area (Å²) >= 11 is 17.9. The van der Waals surface area contributed by atoms with Gasteiger partial charge in [-0.15, -0.1) is 13.2 Å². The Kier molecular flexibility index (Phi) is 8.22. The lowest BCUT2D eigenvalue weighted by molar-refractivity contribution is -0.274. The van der Waals surface area contributed by atoms with Crippen LogP contribution >= 0.6 is 35.4 Å². The lowest BCUT2D eigenvalue weighted by Crippen LogP contribution is -2.46. The van der Waals surface area contributed by atoms with Gasteiger partial charge in [0.1, 0.15) is 16.5 Å². The van der Waals surface area contributed by atoms with Crippen molar-refractivity contribution >= 4 is 52.0 Å². The number of rotatable bonds is 6. The van der Waals surface area contributed by atoms with Gasteiger partial charge in [0.25, 0.3) is 0 Å². The van der Waals surface area contributed by atoms with Gasteiger partial charge in [-0.1, -0.05) is 23.2 Å². The molecule has 1 aliphatic heterocycles. The van der Waals surface area contributed by atoms with Crippen molar-refractivity contribution in [2.24, 2.45) is 0 Å². The Labute approximate surface area is 220 Å². The van der Waals surface area contributed by atoms with E-state index in [0.29, 0.717) is 29.8 Å². The molecule has 0 bridgehead atoms. The molecule has 0 spiro atoms. The van der Waals surface area contributed by atoms with Gasteiger partial charge in [-0.25, -0.2) is 4.98 Å². The van der Waals surface area contributed by atoms with Crippen molar-refractivity contribution in [2.75, 3.05) is 23.3 Å². The van der Waals surface area contributed by atoms with E-state index in [4.69, 9.17) is 40.2 Å². The predicted octanol–water partition coefficient (Wildman–Crippen LogP) is 6.43. The fourth-order valence-electron chi connectivity index (χ4n) is 3.62. The second-order valence-corrected chi connectivity index (χ2v) is 8.98. The van der Waals surface area contributed by atoms with E-state index in [-0.39, 0.29) is 21.8 Å². The second-order valence-electron chi connectivity index (χ2n) is 7.79. The zero-order valence-electron chi connectivity index (χ0n) is 18.6. The topological polar surface area (TPSA) is 71.5 Å². The van der Waals surface area contributed by atoms with Crippen LogP contribution in [0, 0.1) is 0 Å². The minimum atomic E-state index is -4.85. The van der Waals surface area contributed by atoms with Crippen LogP contribution in [0.2, 0.25) is 10.0 Å². The van der Waals surface area contributed by atoms with Crippen LogP contribution in [-0.2, 0) is 0 Å². The molecule has 190 valence electrons. The Hall–Kier alpha value is -3.02. The van der Waals surface area contributed by atoms with Crippen LogP contribution in [0.4, 0.5) is 24.7 Å². The fraction of sp³-hybridized carbons (Fsp3) is 0.261. The number of ether oxygens (including phenoxy) is 2.